The molecule has 0 bridgehead atoms. The molecular formula is C47H47ClFN7O6S. The number of nitriles is 1. The van der Waals surface area contributed by atoms with Gasteiger partial charge in [0.15, 0.2) is 32.9 Å². The zero-order valence-electron chi connectivity index (χ0n) is 34.9. The summed E-state index contributed by atoms with van der Waals surface area (Å²) in [6.45, 7) is 3.15. The lowest BCUT2D eigenvalue weighted by Crippen LogP contribution is -2.40. The minimum Gasteiger partial charge on any atom is -0.490 e. The molecule has 13 nitrogen and oxygen atoms in total. The number of ether oxygens (including phenoxy) is 2. The van der Waals surface area contributed by atoms with E-state index in [0.29, 0.717) is 50.7 Å². The first-order chi connectivity index (χ1) is 30.4. The molecule has 1 saturated heterocycles. The molecule has 3 aromatic heterocycles. The Morgan fingerprint density at radius 1 is 0.968 bits per heavy atom. The smallest absolute Gasteiger partial charge is 0.274 e. The first kappa shape index (κ1) is 43.4. The molecule has 6 aromatic rings. The van der Waals surface area contributed by atoms with Crippen LogP contribution < -0.4 is 25.2 Å². The highest BCUT2D eigenvalue weighted by atomic mass is 35.5. The highest BCUT2D eigenvalue weighted by Crippen LogP contribution is 2.39. The second-order valence-electron chi connectivity index (χ2n) is 16.2. The summed E-state index contributed by atoms with van der Waals surface area (Å²) in [5.74, 6) is 1.15. The minimum absolute atomic E-state index is 0.000124. The van der Waals surface area contributed by atoms with Gasteiger partial charge in [0.05, 0.1) is 27.3 Å². The highest BCUT2D eigenvalue weighted by Gasteiger charge is 2.26. The number of aromatic amines is 1. The van der Waals surface area contributed by atoms with E-state index in [4.69, 9.17) is 26.3 Å². The lowest BCUT2D eigenvalue weighted by Gasteiger charge is -2.32. The number of pyridine rings is 1. The van der Waals surface area contributed by atoms with Crippen molar-refractivity contribution in [2.75, 3.05) is 23.7 Å². The van der Waals surface area contributed by atoms with Crippen molar-refractivity contribution < 1.29 is 27.1 Å². The Bertz CT molecular complexity index is 2860. The number of hydrogen-bond acceptors (Lipinski definition) is 10. The van der Waals surface area contributed by atoms with Crippen molar-refractivity contribution in [3.8, 4) is 34.4 Å². The second-order valence-corrected chi connectivity index (χ2v) is 18.9. The Kier molecular flexibility index (Phi) is 12.8. The monoisotopic (exact) mass is 891 g/mol. The Morgan fingerprint density at radius 2 is 1.75 bits per heavy atom. The third kappa shape index (κ3) is 9.72. The summed E-state index contributed by atoms with van der Waals surface area (Å²) < 4.78 is 55.1. The maximum atomic E-state index is 15.7. The van der Waals surface area contributed by atoms with Gasteiger partial charge in [-0.25, -0.2) is 12.8 Å². The van der Waals surface area contributed by atoms with E-state index in [0.717, 1.165) is 69.4 Å². The number of fused-ring (bicyclic) bond motifs is 1. The molecule has 16 heteroatoms. The molecule has 8 rings (SSSR count). The number of sulfone groups is 1. The number of aryl methyl sites for hydroxylation is 2. The molecule has 2 aliphatic rings. The lowest BCUT2D eigenvalue weighted by atomic mass is 9.90. The molecule has 2 N–H and O–H groups in total. The van der Waals surface area contributed by atoms with Gasteiger partial charge in [0.25, 0.3) is 11.5 Å². The van der Waals surface area contributed by atoms with Crippen molar-refractivity contribution in [2.24, 2.45) is 13.0 Å². The molecule has 2 fully saturated rings. The number of nitrogens with one attached hydrogen (secondary N) is 2. The number of carbonyl (C=O) groups excluding carboxylic acids is 1. The van der Waals surface area contributed by atoms with Crippen LogP contribution in [0.25, 0.3) is 22.0 Å². The zero-order valence-corrected chi connectivity index (χ0v) is 36.5. The third-order valence-electron chi connectivity index (χ3n) is 12.1. The molecule has 1 amide bonds. The molecule has 0 radical (unpaired) electrons. The van der Waals surface area contributed by atoms with Crippen LogP contribution in [0.4, 0.5) is 10.2 Å². The zero-order chi connectivity index (χ0) is 44.3. The number of benzene rings is 3. The quantitative estimate of drug-likeness (QED) is 0.114. The van der Waals surface area contributed by atoms with E-state index >= 15 is 4.39 Å². The number of H-pyrrole nitrogens is 1. The number of piperidine rings is 1. The van der Waals surface area contributed by atoms with Crippen molar-refractivity contribution >= 4 is 44.1 Å². The van der Waals surface area contributed by atoms with E-state index in [9.17, 15) is 18.0 Å². The predicted molar refractivity (Wildman–Crippen MR) is 239 cm³/mol. The maximum absolute atomic E-state index is 15.7. The molecule has 63 heavy (non-hydrogen) atoms. The number of aromatic nitrogens is 4. The number of anilines is 1. The Labute approximate surface area is 369 Å². The Balaban J connectivity index is 0.824. The topological polar surface area (TPSA) is 172 Å². The summed E-state index contributed by atoms with van der Waals surface area (Å²) in [5.41, 5.74) is 2.63. The summed E-state index contributed by atoms with van der Waals surface area (Å²) in [6, 6.07) is 21.8. The van der Waals surface area contributed by atoms with Crippen LogP contribution in [0.5, 0.6) is 17.2 Å². The second kappa shape index (κ2) is 18.6. The highest BCUT2D eigenvalue weighted by molar-refractivity contribution is 7.91. The van der Waals surface area contributed by atoms with Crippen LogP contribution in [0.1, 0.15) is 73.5 Å². The molecule has 0 spiro atoms. The summed E-state index contributed by atoms with van der Waals surface area (Å²) in [5, 5.41) is 21.8. The van der Waals surface area contributed by atoms with Crippen LogP contribution in [-0.4, -0.2) is 65.1 Å². The number of nitrogens with zero attached hydrogens (tertiary/aromatic N) is 5. The van der Waals surface area contributed by atoms with E-state index in [2.05, 4.69) is 25.4 Å². The van der Waals surface area contributed by atoms with Crippen molar-refractivity contribution in [2.45, 2.75) is 75.3 Å². The van der Waals surface area contributed by atoms with Gasteiger partial charge in [0.2, 0.25) is 0 Å². The van der Waals surface area contributed by atoms with Gasteiger partial charge in [-0.3, -0.25) is 9.59 Å². The molecule has 1 saturated carbocycles. The van der Waals surface area contributed by atoms with Crippen LogP contribution in [0.3, 0.4) is 0 Å². The van der Waals surface area contributed by atoms with E-state index in [1.54, 1.807) is 62.8 Å². The molecule has 4 heterocycles. The maximum Gasteiger partial charge on any atom is 0.274 e. The number of hydrogen-bond donors (Lipinski definition) is 2. The van der Waals surface area contributed by atoms with E-state index < -0.39 is 15.7 Å². The van der Waals surface area contributed by atoms with Crippen LogP contribution in [0.2, 0.25) is 5.02 Å². The van der Waals surface area contributed by atoms with E-state index in [-0.39, 0.29) is 51.5 Å². The number of halogens is 2. The first-order valence-electron chi connectivity index (χ1n) is 21.1. The lowest BCUT2D eigenvalue weighted by molar-refractivity contribution is 0.0888. The Morgan fingerprint density at radius 3 is 2.44 bits per heavy atom. The summed E-state index contributed by atoms with van der Waals surface area (Å²) in [7, 11) is -1.97. The van der Waals surface area contributed by atoms with Crippen LogP contribution in [0, 0.1) is 23.1 Å². The fourth-order valence-electron chi connectivity index (χ4n) is 8.43. The fraction of sp³-hybridized carbons (Fsp3) is 0.340. The van der Waals surface area contributed by atoms with Gasteiger partial charge in [-0.15, -0.1) is 10.2 Å². The molecule has 1 aliphatic heterocycles. The Hall–Kier alpha value is -6.24. The van der Waals surface area contributed by atoms with Crippen LogP contribution in [-0.2, 0) is 23.3 Å². The minimum atomic E-state index is -3.58. The van der Waals surface area contributed by atoms with Gasteiger partial charge < -0.3 is 29.2 Å². The molecule has 3 aromatic carbocycles. The van der Waals surface area contributed by atoms with Gasteiger partial charge in [-0.1, -0.05) is 24.6 Å². The summed E-state index contributed by atoms with van der Waals surface area (Å²) in [6.07, 6.45) is 9.78. The van der Waals surface area contributed by atoms with Crippen molar-refractivity contribution in [1.29, 1.82) is 5.26 Å². The van der Waals surface area contributed by atoms with E-state index in [1.165, 1.54) is 28.8 Å². The van der Waals surface area contributed by atoms with Crippen LogP contribution in [0.15, 0.2) is 94.9 Å². The van der Waals surface area contributed by atoms with Gasteiger partial charge in [-0.05, 0) is 124 Å². The van der Waals surface area contributed by atoms with Crippen molar-refractivity contribution in [3.05, 3.63) is 123 Å². The number of rotatable bonds is 13. The molecule has 326 valence electrons. The number of amides is 1. The third-order valence-corrected chi connectivity index (χ3v) is 14.2. The standard InChI is InChI=1S/C47H47ClFN7O6S/c1-3-63(59,60)35-13-16-42(37(26-35)38-28-55(2)47(58)45-36(38)18-21-51-45)62-43-15-6-30(24-40(43)49)5-4-29-19-22-56(23-20-29)44-17-14-41(53-54-44)46(57)52-32-8-11-33(12-9-32)61-34-10-7-31(27-50)39(48)25-34/h6-7,10,13-18,21,24-26,28-29,32-33,51H,3-5,8-9,11-12,19-20,22-23H2,1-2H3,(H,52,57). The molecule has 1 aliphatic carbocycles. The van der Waals surface area contributed by atoms with Crippen molar-refractivity contribution in [1.82, 2.24) is 25.1 Å². The average molecular weight is 892 g/mol. The normalized spacial score (nSPS) is 17.0. The van der Waals surface area contributed by atoms with Gasteiger partial charge in [0, 0.05) is 61.2 Å². The van der Waals surface area contributed by atoms with Gasteiger partial charge in [-0.2, -0.15) is 5.26 Å². The molecule has 0 atom stereocenters. The summed E-state index contributed by atoms with van der Waals surface area (Å²) in [4.78, 5) is 31.1. The first-order valence-corrected chi connectivity index (χ1v) is 23.2. The number of carbonyl (C=O) groups is 1. The SMILES string of the molecule is CCS(=O)(=O)c1ccc(Oc2ccc(CCC3CCN(c4ccc(C(=O)NC5CCC(Oc6ccc(C#N)c(Cl)c6)CC5)nn4)CC3)cc2F)c(-c2cn(C)c(=O)c3[nH]ccc23)c1. The molecular weight excluding hydrogens is 845 g/mol. The largest absolute Gasteiger partial charge is 0.490 e. The predicted octanol–water partition coefficient (Wildman–Crippen LogP) is 8.54. The molecule has 0 unspecified atom stereocenters. The summed E-state index contributed by atoms with van der Waals surface area (Å²) >= 11 is 6.15. The van der Waals surface area contributed by atoms with E-state index in [1.807, 2.05) is 18.2 Å². The average Bonchev–Trinajstić information content (AvgIpc) is 3.79. The van der Waals surface area contributed by atoms with Crippen molar-refractivity contribution in [3.63, 3.8) is 0 Å². The fourth-order valence-corrected chi connectivity index (χ4v) is 9.55. The van der Waals surface area contributed by atoms with Gasteiger partial charge in [0.1, 0.15) is 23.1 Å². The van der Waals surface area contributed by atoms with Crippen LogP contribution >= 0.6 is 11.6 Å². The van der Waals surface area contributed by atoms with Gasteiger partial charge >= 0.3 is 0 Å².